The molecule has 7 heterocycles. The average Bonchev–Trinajstić information content (AvgIpc) is 1.72. The number of amides is 12. The summed E-state index contributed by atoms with van der Waals surface area (Å²) in [6.07, 6.45) is -11.4. The lowest BCUT2D eigenvalue weighted by Crippen LogP contribution is -2.62. The summed E-state index contributed by atoms with van der Waals surface area (Å²) in [5, 5.41) is 112. The SMILES string of the molecule is CCCCCCNC(=O)NC(=O)C[C@@H]1NC(=O)[C@H](NC(=O)[C@@H](CC(C)C)N(C)C(=O)OC(C)(C)C)[C@H](O)c2ccc3c(c2)C(NC(=O)OC(C)(C)C)[C@H]2O[C@@H](Oc4c5cc(cc4O3)[C@@H](NC1=O)C(=O)N[C@H]1C(=O)N[C@H](C(=O)N[C@H](C(=O)NC3C4CC6CC(C4)CC3C6)c3cc(O)cc(C)c3-c3cc1ccc3O)[C@H](O)c1ccc(c(Cl)c1)O5)[C@H](O)[C@@H](O)[C@@H]2O. The fraction of sp³-hybridized carbons (Fsp3) is 0.529. The van der Waals surface area contributed by atoms with Gasteiger partial charge >= 0.3 is 18.2 Å². The second kappa shape index (κ2) is 36.4. The molecule has 7 aliphatic heterocycles. The lowest BCUT2D eigenvalue weighted by atomic mass is 9.54. The minimum atomic E-state index is -2.38. The first-order chi connectivity index (χ1) is 58.1. The number of urea groups is 1. The van der Waals surface area contributed by atoms with Crippen LogP contribution in [-0.4, -0.2) is 192 Å². The van der Waals surface area contributed by atoms with Crippen LogP contribution in [0.5, 0.6) is 40.2 Å². The van der Waals surface area contributed by atoms with Crippen molar-refractivity contribution in [1.29, 1.82) is 0 Å². The number of rotatable bonds is 15. The second-order valence-corrected chi connectivity index (χ2v) is 36.1. The van der Waals surface area contributed by atoms with Crippen molar-refractivity contribution < 1.29 is 117 Å². The lowest BCUT2D eigenvalue weighted by Gasteiger charge is -2.54. The third-order valence-corrected chi connectivity index (χ3v) is 24.0. The Morgan fingerprint density at radius 1 is 0.618 bits per heavy atom. The highest BCUT2D eigenvalue weighted by Gasteiger charge is 2.53. The number of unbranched alkanes of at least 4 members (excludes halogenated alkanes) is 3. The van der Waals surface area contributed by atoms with Crippen molar-refractivity contribution in [2.45, 2.75) is 248 Å². The van der Waals surface area contributed by atoms with Gasteiger partial charge in [-0.05, 0) is 223 Å². The molecule has 0 spiro atoms. The van der Waals surface area contributed by atoms with E-state index in [0.717, 1.165) is 74.1 Å². The van der Waals surface area contributed by atoms with Gasteiger partial charge in [-0.2, -0.15) is 0 Å². The maximum atomic E-state index is 16.6. The van der Waals surface area contributed by atoms with E-state index in [9.17, 15) is 54.9 Å². The van der Waals surface area contributed by atoms with E-state index in [2.05, 4.69) is 53.2 Å². The number of aromatic hydroxyl groups is 2. The number of benzene rings is 5. The Hall–Kier alpha value is -11.1. The number of ether oxygens (including phenoxy) is 6. The Morgan fingerprint density at radius 3 is 1.89 bits per heavy atom. The minimum Gasteiger partial charge on any atom is -0.508 e. The molecule has 5 aromatic rings. The number of alkyl carbamates (subject to hydrolysis) is 1. The van der Waals surface area contributed by atoms with Crippen molar-refractivity contribution in [3.8, 4) is 51.4 Å². The van der Waals surface area contributed by atoms with Gasteiger partial charge in [-0.25, -0.2) is 14.4 Å². The minimum absolute atomic E-state index is 0.0539. The van der Waals surface area contributed by atoms with Gasteiger partial charge in [-0.15, -0.1) is 0 Å². The summed E-state index contributed by atoms with van der Waals surface area (Å²) in [4.78, 5) is 169. The molecular weight excluding hydrogens is 1620 g/mol. The van der Waals surface area contributed by atoms with Crippen LogP contribution in [-0.2, 0) is 52.6 Å². The lowest BCUT2D eigenvalue weighted by molar-refractivity contribution is -0.278. The van der Waals surface area contributed by atoms with Gasteiger partial charge in [0.2, 0.25) is 59.3 Å². The molecule has 5 aromatic carbocycles. The molecule has 11 aliphatic rings. The summed E-state index contributed by atoms with van der Waals surface area (Å²) in [5.41, 5.74) is -3.75. The van der Waals surface area contributed by atoms with Crippen LogP contribution >= 0.6 is 11.6 Å². The number of aryl methyl sites for hydroxylation is 1. The largest absolute Gasteiger partial charge is 0.508 e. The van der Waals surface area contributed by atoms with Crippen molar-refractivity contribution in [1.82, 2.24) is 58.1 Å². The first-order valence-electron chi connectivity index (χ1n) is 41.6. The van der Waals surface area contributed by atoms with Gasteiger partial charge in [0.05, 0.1) is 17.5 Å². The van der Waals surface area contributed by atoms with Crippen LogP contribution in [0.1, 0.15) is 208 Å². The van der Waals surface area contributed by atoms with Gasteiger partial charge in [-0.1, -0.05) is 69.8 Å². The third-order valence-electron chi connectivity index (χ3n) is 23.7. The van der Waals surface area contributed by atoms with Gasteiger partial charge in [0, 0.05) is 30.8 Å². The van der Waals surface area contributed by atoms with E-state index in [4.69, 9.17) is 40.0 Å². The Morgan fingerprint density at radius 2 is 1.24 bits per heavy atom. The normalized spacial score (nSPS) is 27.9. The molecule has 662 valence electrons. The summed E-state index contributed by atoms with van der Waals surface area (Å²) in [5.74, 6) is -12.5. The van der Waals surface area contributed by atoms with Gasteiger partial charge in [-0.3, -0.25) is 48.6 Å². The average molecular weight is 1730 g/mol. The first kappa shape index (κ1) is 89.7. The fourth-order valence-electron chi connectivity index (χ4n) is 18.0. The van der Waals surface area contributed by atoms with E-state index in [1.54, 1.807) is 41.5 Å². The number of carbonyl (C=O) groups is 11. The summed E-state index contributed by atoms with van der Waals surface area (Å²) in [6, 6.07) is -2.36. The molecule has 18 bridgehead atoms. The molecule has 17 N–H and O–H groups in total. The van der Waals surface area contributed by atoms with Gasteiger partial charge in [0.25, 0.3) is 0 Å². The number of fused-ring (bicyclic) bond motifs is 16. The van der Waals surface area contributed by atoms with Gasteiger partial charge in [0.15, 0.2) is 11.5 Å². The van der Waals surface area contributed by atoms with Crippen molar-refractivity contribution in [3.63, 3.8) is 0 Å². The highest BCUT2D eigenvalue weighted by atomic mass is 35.5. The van der Waals surface area contributed by atoms with E-state index < -0.39 is 209 Å². The molecule has 4 saturated carbocycles. The molecule has 36 heteroatoms. The number of imide groups is 1. The quantitative estimate of drug-likeness (QED) is 0.0477. The number of nitrogens with one attached hydrogen (secondary N) is 10. The first-order valence-corrected chi connectivity index (χ1v) is 42.0. The zero-order chi connectivity index (χ0) is 88.9. The van der Waals surface area contributed by atoms with Gasteiger partial charge in [0.1, 0.15) is 113 Å². The molecule has 0 radical (unpaired) electrons. The molecule has 35 nitrogen and oxygen atoms in total. The predicted octanol–water partition coefficient (Wildman–Crippen LogP) is 6.83. The molecule has 123 heavy (non-hydrogen) atoms. The van der Waals surface area contributed by atoms with E-state index in [0.29, 0.717) is 24.7 Å². The zero-order valence-electron chi connectivity index (χ0n) is 70.0. The summed E-state index contributed by atoms with van der Waals surface area (Å²) in [6.45, 7) is 16.4. The summed E-state index contributed by atoms with van der Waals surface area (Å²) in [7, 11) is 1.26. The predicted molar refractivity (Wildman–Crippen MR) is 439 cm³/mol. The smallest absolute Gasteiger partial charge is 0.410 e. The molecule has 4 aliphatic carbocycles. The van der Waals surface area contributed by atoms with Crippen LogP contribution < -0.4 is 67.4 Å². The number of hydrogen-bond acceptors (Lipinski definition) is 24. The highest BCUT2D eigenvalue weighted by Crippen LogP contribution is 2.55. The van der Waals surface area contributed by atoms with Crippen molar-refractivity contribution in [2.75, 3.05) is 13.6 Å². The Labute approximate surface area is 714 Å². The van der Waals surface area contributed by atoms with E-state index in [1.807, 2.05) is 6.92 Å². The van der Waals surface area contributed by atoms with E-state index in [1.165, 1.54) is 82.4 Å². The zero-order valence-corrected chi connectivity index (χ0v) is 70.8. The molecule has 1 saturated heterocycles. The van der Waals surface area contributed by atoms with Crippen LogP contribution in [0, 0.1) is 36.5 Å². The monoisotopic (exact) mass is 1730 g/mol. The molecule has 0 aromatic heterocycles. The number of carbonyl (C=O) groups excluding carboxylic acids is 11. The van der Waals surface area contributed by atoms with Crippen molar-refractivity contribution in [2.24, 2.45) is 29.6 Å². The number of halogens is 1. The van der Waals surface area contributed by atoms with Crippen molar-refractivity contribution in [3.05, 3.63) is 123 Å². The van der Waals surface area contributed by atoms with Crippen LogP contribution in [0.15, 0.2) is 78.9 Å². The molecule has 1 unspecified atom stereocenters. The number of aliphatic hydroxyl groups excluding tert-OH is 5. The Bertz CT molecular complexity index is 4930. The maximum absolute atomic E-state index is 16.6. The number of likely N-dealkylation sites (N-methyl/N-ethyl adjacent to an activating group) is 1. The summed E-state index contributed by atoms with van der Waals surface area (Å²) < 4.78 is 38.1. The maximum Gasteiger partial charge on any atom is 0.410 e. The number of phenols is 2. The topological polar surface area (TPSA) is 508 Å². The molecule has 12 amide bonds. The second-order valence-electron chi connectivity index (χ2n) is 35.7. The standard InChI is InChI=1S/C87H108ClN11O24/c1-12-13-14-15-22-89-83(115)91-59(102)36-52-75(108)93-63-46-33-57-73(120-82-72(107)70(105)71(106)74(121-82)64(98-84(116)122-86(5,6)7)49-31-42(17-20-55(49)118-57)68(103)66(80(113)90-52)96-76(109)53(23-37(2)3)99(11)85(117)123-87(8,9)10)58(34-46)119-56-21-18-43(32-51(56)88)69(104)67-81(114)95-65(79(112)92-61-44-26-39-25-40(28-44)29-45(61)27-39)50-35-47(100)24-38(4)60(50)48-30-41(16-19-54(48)101)62(77(110)97-67)94-78(63)111/h16-21,24,30-35,37,39-40,44-45,52-53,61-72,74,82,100-101,103-107H,12-15,22-23,25-29,36H2,1-11H3,(H,90,113)(H,92,112)(H,93,108)(H,94,111)(H,95,114)(H,96,109)(H,97,110)(H,98,116)(H2,89,91,102,115)/t39?,40?,44?,45?,52-,53+,61?,62+,63+,64?,65-,66+,67-,68+,69+,70-,71-,72+,74+,82+/m0/s1. The number of nitrogens with zero attached hydrogens (tertiary/aromatic N) is 1. The molecule has 15 atom stereocenters. The fourth-order valence-corrected chi connectivity index (χ4v) is 18.2. The number of hydrogen-bond donors (Lipinski definition) is 17. The third kappa shape index (κ3) is 19.9. The van der Waals surface area contributed by atoms with E-state index >= 15 is 33.6 Å². The molecule has 5 fully saturated rings. The highest BCUT2D eigenvalue weighted by molar-refractivity contribution is 6.32. The molecule has 16 rings (SSSR count). The Kier molecular flexibility index (Phi) is 26.5. The number of aliphatic hydroxyl groups is 5. The van der Waals surface area contributed by atoms with Crippen LogP contribution in [0.2, 0.25) is 5.02 Å². The summed E-state index contributed by atoms with van der Waals surface area (Å²) >= 11 is 7.25. The molecular formula is C87H108ClN11O24. The number of phenolic OH excluding ortho intramolecular Hbond substituents is 2. The van der Waals surface area contributed by atoms with Crippen LogP contribution in [0.4, 0.5) is 14.4 Å². The van der Waals surface area contributed by atoms with Crippen molar-refractivity contribution >= 4 is 77.1 Å². The van der Waals surface area contributed by atoms with Crippen LogP contribution in [0.3, 0.4) is 0 Å². The van der Waals surface area contributed by atoms with Gasteiger partial charge < -0.3 is 112 Å². The van der Waals surface area contributed by atoms with E-state index in [-0.39, 0.29) is 97.8 Å². The Balaban J connectivity index is 1.03. The van der Waals surface area contributed by atoms with Crippen LogP contribution in [0.25, 0.3) is 11.1 Å².